The predicted molar refractivity (Wildman–Crippen MR) is 74.1 cm³/mol. The Labute approximate surface area is 109 Å². The Morgan fingerprint density at radius 2 is 2.00 bits per heavy atom. The number of hydrogen-bond acceptors (Lipinski definition) is 1. The molecule has 0 bridgehead atoms. The van der Waals surface area contributed by atoms with Crippen molar-refractivity contribution in [2.45, 2.75) is 58.2 Å². The van der Waals surface area contributed by atoms with Crippen molar-refractivity contribution in [3.05, 3.63) is 0 Å². The van der Waals surface area contributed by atoms with Crippen molar-refractivity contribution in [2.24, 2.45) is 17.3 Å². The van der Waals surface area contributed by atoms with Crippen molar-refractivity contribution < 1.29 is 4.74 Å². The molecule has 0 radical (unpaired) electrons. The Hall–Kier alpha value is 0.440. The summed E-state index contributed by atoms with van der Waals surface area (Å²) in [7, 11) is 0. The van der Waals surface area contributed by atoms with Crippen LogP contribution in [0.5, 0.6) is 0 Å². The molecular formula is C14H27BrO. The molecule has 1 fully saturated rings. The van der Waals surface area contributed by atoms with E-state index in [0.29, 0.717) is 10.2 Å². The standard InChI is InChI=1S/C14H27BrO/c1-5-8-16-10-14(3,4)12-7-6-11(2)9-13(12)15/h11-13H,5-10H2,1-4H3. The molecule has 0 heterocycles. The Kier molecular flexibility index (Phi) is 5.79. The van der Waals surface area contributed by atoms with E-state index in [1.165, 1.54) is 19.3 Å². The van der Waals surface area contributed by atoms with E-state index in [9.17, 15) is 0 Å². The molecule has 0 N–H and O–H groups in total. The van der Waals surface area contributed by atoms with Crippen LogP contribution in [0.2, 0.25) is 0 Å². The molecule has 1 aliphatic carbocycles. The molecule has 3 unspecified atom stereocenters. The van der Waals surface area contributed by atoms with Crippen LogP contribution in [0.25, 0.3) is 0 Å². The average molecular weight is 291 g/mol. The molecule has 0 amide bonds. The first-order valence-electron chi connectivity index (χ1n) is 6.69. The lowest BCUT2D eigenvalue weighted by molar-refractivity contribution is 0.0161. The van der Waals surface area contributed by atoms with Crippen LogP contribution < -0.4 is 0 Å². The van der Waals surface area contributed by atoms with Gasteiger partial charge in [0.2, 0.25) is 0 Å². The lowest BCUT2D eigenvalue weighted by atomic mass is 9.69. The fourth-order valence-electron chi connectivity index (χ4n) is 2.78. The van der Waals surface area contributed by atoms with Gasteiger partial charge in [0.25, 0.3) is 0 Å². The van der Waals surface area contributed by atoms with Gasteiger partial charge in [-0.3, -0.25) is 0 Å². The Morgan fingerprint density at radius 3 is 2.56 bits per heavy atom. The molecule has 0 aromatic heterocycles. The summed E-state index contributed by atoms with van der Waals surface area (Å²) in [4.78, 5) is 0.677. The molecule has 2 heteroatoms. The zero-order valence-electron chi connectivity index (χ0n) is 11.3. The second kappa shape index (κ2) is 6.39. The van der Waals surface area contributed by atoms with Gasteiger partial charge in [0.05, 0.1) is 6.61 Å². The summed E-state index contributed by atoms with van der Waals surface area (Å²) < 4.78 is 5.76. The van der Waals surface area contributed by atoms with Gasteiger partial charge in [-0.25, -0.2) is 0 Å². The van der Waals surface area contributed by atoms with Crippen LogP contribution in [0.1, 0.15) is 53.4 Å². The van der Waals surface area contributed by atoms with E-state index in [-0.39, 0.29) is 0 Å². The van der Waals surface area contributed by atoms with E-state index in [4.69, 9.17) is 4.74 Å². The van der Waals surface area contributed by atoms with Gasteiger partial charge in [0.1, 0.15) is 0 Å². The second-order valence-corrected chi connectivity index (χ2v) is 7.26. The van der Waals surface area contributed by atoms with Crippen LogP contribution in [0, 0.1) is 17.3 Å². The number of alkyl halides is 1. The van der Waals surface area contributed by atoms with Gasteiger partial charge < -0.3 is 4.74 Å². The van der Waals surface area contributed by atoms with Gasteiger partial charge in [-0.15, -0.1) is 0 Å². The van der Waals surface area contributed by atoms with Crippen LogP contribution in [-0.2, 0) is 4.74 Å². The van der Waals surface area contributed by atoms with Crippen LogP contribution in [0.15, 0.2) is 0 Å². The molecule has 0 aromatic carbocycles. The maximum atomic E-state index is 5.76. The van der Waals surface area contributed by atoms with Crippen molar-refractivity contribution >= 4 is 15.9 Å². The average Bonchev–Trinajstić information content (AvgIpc) is 2.17. The molecule has 0 aromatic rings. The van der Waals surface area contributed by atoms with Gasteiger partial charge in [-0.05, 0) is 36.5 Å². The highest BCUT2D eigenvalue weighted by atomic mass is 79.9. The first-order valence-corrected chi connectivity index (χ1v) is 7.60. The quantitative estimate of drug-likeness (QED) is 0.529. The second-order valence-electron chi connectivity index (χ2n) is 6.08. The molecule has 1 rings (SSSR count). The van der Waals surface area contributed by atoms with Crippen LogP contribution >= 0.6 is 15.9 Å². The highest BCUT2D eigenvalue weighted by Gasteiger charge is 2.37. The minimum absolute atomic E-state index is 0.309. The van der Waals surface area contributed by atoms with E-state index in [2.05, 4.69) is 43.6 Å². The molecule has 16 heavy (non-hydrogen) atoms. The third kappa shape index (κ3) is 4.03. The number of rotatable bonds is 5. The van der Waals surface area contributed by atoms with Crippen molar-refractivity contribution in [3.8, 4) is 0 Å². The van der Waals surface area contributed by atoms with Crippen LogP contribution in [0.3, 0.4) is 0 Å². The number of hydrogen-bond donors (Lipinski definition) is 0. The van der Waals surface area contributed by atoms with Crippen molar-refractivity contribution in [1.82, 2.24) is 0 Å². The largest absolute Gasteiger partial charge is 0.381 e. The Balaban J connectivity index is 2.47. The molecule has 3 atom stereocenters. The summed E-state index contributed by atoms with van der Waals surface area (Å²) in [5.41, 5.74) is 0.309. The summed E-state index contributed by atoms with van der Waals surface area (Å²) in [6.07, 6.45) is 5.17. The van der Waals surface area contributed by atoms with E-state index in [0.717, 1.165) is 31.5 Å². The van der Waals surface area contributed by atoms with E-state index >= 15 is 0 Å². The molecule has 96 valence electrons. The minimum atomic E-state index is 0.309. The monoisotopic (exact) mass is 290 g/mol. The highest BCUT2D eigenvalue weighted by molar-refractivity contribution is 9.09. The summed E-state index contributed by atoms with van der Waals surface area (Å²) in [5, 5.41) is 0. The highest BCUT2D eigenvalue weighted by Crippen LogP contribution is 2.43. The lowest BCUT2D eigenvalue weighted by Gasteiger charge is -2.41. The zero-order valence-corrected chi connectivity index (χ0v) is 12.8. The van der Waals surface area contributed by atoms with Gasteiger partial charge in [-0.2, -0.15) is 0 Å². The van der Waals surface area contributed by atoms with Crippen molar-refractivity contribution in [2.75, 3.05) is 13.2 Å². The minimum Gasteiger partial charge on any atom is -0.381 e. The first kappa shape index (κ1) is 14.5. The lowest BCUT2D eigenvalue weighted by Crippen LogP contribution is -2.38. The fraction of sp³-hybridized carbons (Fsp3) is 1.00. The normalized spacial score (nSPS) is 31.7. The molecule has 0 spiro atoms. The molecule has 1 aliphatic rings. The number of halogens is 1. The maximum absolute atomic E-state index is 5.76. The van der Waals surface area contributed by atoms with Crippen LogP contribution in [0.4, 0.5) is 0 Å². The summed E-state index contributed by atoms with van der Waals surface area (Å²) in [5.74, 6) is 1.65. The van der Waals surface area contributed by atoms with Gasteiger partial charge in [0, 0.05) is 11.4 Å². The van der Waals surface area contributed by atoms with E-state index in [1.807, 2.05) is 0 Å². The summed E-state index contributed by atoms with van der Waals surface area (Å²) in [6, 6.07) is 0. The maximum Gasteiger partial charge on any atom is 0.0520 e. The molecule has 0 saturated heterocycles. The molecule has 1 nitrogen and oxygen atoms in total. The predicted octanol–water partition coefficient (Wildman–Crippen LogP) is 4.64. The van der Waals surface area contributed by atoms with Crippen molar-refractivity contribution in [1.29, 1.82) is 0 Å². The van der Waals surface area contributed by atoms with Gasteiger partial charge >= 0.3 is 0 Å². The fourth-order valence-corrected chi connectivity index (χ4v) is 4.40. The third-order valence-corrected chi connectivity index (χ3v) is 4.87. The molecular weight excluding hydrogens is 264 g/mol. The van der Waals surface area contributed by atoms with Gasteiger partial charge in [0.15, 0.2) is 0 Å². The van der Waals surface area contributed by atoms with Gasteiger partial charge in [-0.1, -0.05) is 50.0 Å². The van der Waals surface area contributed by atoms with Crippen LogP contribution in [-0.4, -0.2) is 18.0 Å². The van der Waals surface area contributed by atoms with E-state index < -0.39 is 0 Å². The Bertz CT molecular complexity index is 203. The molecule has 0 aliphatic heterocycles. The summed E-state index contributed by atoms with van der Waals surface area (Å²) >= 11 is 3.88. The molecule has 1 saturated carbocycles. The summed E-state index contributed by atoms with van der Waals surface area (Å²) in [6.45, 7) is 11.1. The Morgan fingerprint density at radius 1 is 1.31 bits per heavy atom. The van der Waals surface area contributed by atoms with E-state index in [1.54, 1.807) is 0 Å². The smallest absolute Gasteiger partial charge is 0.0520 e. The number of ether oxygens (including phenoxy) is 1. The zero-order chi connectivity index (χ0) is 12.2. The first-order chi connectivity index (χ1) is 7.47. The topological polar surface area (TPSA) is 9.23 Å². The third-order valence-electron chi connectivity index (χ3n) is 3.86. The SMILES string of the molecule is CCCOCC(C)(C)C1CCC(C)CC1Br. The van der Waals surface area contributed by atoms with Crippen molar-refractivity contribution in [3.63, 3.8) is 0 Å².